The summed E-state index contributed by atoms with van der Waals surface area (Å²) in [5.74, 6) is 1.01. The molecule has 1 rings (SSSR count). The van der Waals surface area contributed by atoms with Crippen molar-refractivity contribution in [3.8, 4) is 0 Å². The van der Waals surface area contributed by atoms with Gasteiger partial charge in [-0.25, -0.2) is 0 Å². The fourth-order valence-electron chi connectivity index (χ4n) is 3.20. The average molecular weight is 253 g/mol. The summed E-state index contributed by atoms with van der Waals surface area (Å²) in [4.78, 5) is 2.74. The highest BCUT2D eigenvalue weighted by molar-refractivity contribution is 4.72. The van der Waals surface area contributed by atoms with E-state index in [0.717, 1.165) is 5.92 Å². The normalized spacial score (nSPS) is 21.3. The highest BCUT2D eigenvalue weighted by Crippen LogP contribution is 2.22. The van der Waals surface area contributed by atoms with E-state index in [2.05, 4.69) is 18.7 Å². The number of unbranched alkanes of at least 4 members (excludes halogenated alkanes) is 6. The van der Waals surface area contributed by atoms with Gasteiger partial charge in [-0.05, 0) is 44.7 Å². The number of rotatable bonds is 10. The van der Waals surface area contributed by atoms with E-state index in [1.807, 2.05) is 0 Å². The van der Waals surface area contributed by atoms with Crippen LogP contribution in [0.5, 0.6) is 0 Å². The van der Waals surface area contributed by atoms with Gasteiger partial charge in [0.25, 0.3) is 0 Å². The minimum atomic E-state index is 1.01. The van der Waals surface area contributed by atoms with Crippen LogP contribution in [-0.4, -0.2) is 24.5 Å². The summed E-state index contributed by atoms with van der Waals surface area (Å²) in [6.07, 6.45) is 15.8. The smallest absolute Gasteiger partial charge is 0.000966 e. The second kappa shape index (κ2) is 10.8. The first kappa shape index (κ1) is 16.0. The molecule has 0 aromatic rings. The fourth-order valence-corrected chi connectivity index (χ4v) is 3.20. The van der Waals surface area contributed by atoms with Gasteiger partial charge in [-0.3, -0.25) is 0 Å². The van der Waals surface area contributed by atoms with Gasteiger partial charge in [-0.2, -0.15) is 0 Å². The minimum absolute atomic E-state index is 1.01. The van der Waals surface area contributed by atoms with Crippen molar-refractivity contribution in [2.45, 2.75) is 84.5 Å². The first-order valence-electron chi connectivity index (χ1n) is 8.59. The molecule has 18 heavy (non-hydrogen) atoms. The maximum Gasteiger partial charge on any atom is 0.000966 e. The molecular weight excluding hydrogens is 218 g/mol. The quantitative estimate of drug-likeness (QED) is 0.481. The molecule has 1 saturated heterocycles. The Morgan fingerprint density at radius 3 is 2.39 bits per heavy atom. The molecule has 108 valence electrons. The average Bonchev–Trinajstić information content (AvgIpc) is 2.41. The van der Waals surface area contributed by atoms with Crippen LogP contribution in [-0.2, 0) is 0 Å². The molecule has 1 heteroatoms. The Morgan fingerprint density at radius 2 is 1.61 bits per heavy atom. The van der Waals surface area contributed by atoms with Gasteiger partial charge >= 0.3 is 0 Å². The molecule has 0 N–H and O–H groups in total. The third kappa shape index (κ3) is 7.41. The second-order valence-electron chi connectivity index (χ2n) is 6.22. The van der Waals surface area contributed by atoms with Crippen molar-refractivity contribution in [3.63, 3.8) is 0 Å². The Hall–Kier alpha value is -0.0400. The molecule has 1 unspecified atom stereocenters. The molecular formula is C17H35N. The maximum absolute atomic E-state index is 2.74. The molecule has 0 radical (unpaired) electrons. The second-order valence-corrected chi connectivity index (χ2v) is 6.22. The predicted octanol–water partition coefficient (Wildman–Crippen LogP) is 5.25. The van der Waals surface area contributed by atoms with Crippen molar-refractivity contribution in [1.29, 1.82) is 0 Å². The van der Waals surface area contributed by atoms with Crippen molar-refractivity contribution >= 4 is 0 Å². The van der Waals surface area contributed by atoms with Crippen LogP contribution in [0.25, 0.3) is 0 Å². The van der Waals surface area contributed by atoms with E-state index >= 15 is 0 Å². The first-order valence-corrected chi connectivity index (χ1v) is 8.59. The Kier molecular flexibility index (Phi) is 9.65. The third-order valence-corrected chi connectivity index (χ3v) is 4.40. The zero-order chi connectivity index (χ0) is 13.1. The molecule has 1 fully saturated rings. The standard InChI is InChI=1S/C17H35N/c1-3-5-7-8-9-10-14-18-15-11-13-17(16-18)12-6-4-2/h17H,3-16H2,1-2H3. The number of hydrogen-bond donors (Lipinski definition) is 0. The van der Waals surface area contributed by atoms with E-state index in [-0.39, 0.29) is 0 Å². The molecule has 0 aromatic carbocycles. The summed E-state index contributed by atoms with van der Waals surface area (Å²) < 4.78 is 0. The number of nitrogens with zero attached hydrogens (tertiary/aromatic N) is 1. The summed E-state index contributed by atoms with van der Waals surface area (Å²) in [5.41, 5.74) is 0. The summed E-state index contributed by atoms with van der Waals surface area (Å²) in [6.45, 7) is 8.75. The summed E-state index contributed by atoms with van der Waals surface area (Å²) >= 11 is 0. The van der Waals surface area contributed by atoms with Crippen LogP contribution in [0, 0.1) is 5.92 Å². The van der Waals surface area contributed by atoms with E-state index < -0.39 is 0 Å². The van der Waals surface area contributed by atoms with E-state index in [9.17, 15) is 0 Å². The van der Waals surface area contributed by atoms with Crippen LogP contribution in [0.3, 0.4) is 0 Å². The Labute approximate surface area is 115 Å². The molecule has 1 heterocycles. The van der Waals surface area contributed by atoms with Crippen molar-refractivity contribution < 1.29 is 0 Å². The molecule has 1 aliphatic heterocycles. The van der Waals surface area contributed by atoms with Gasteiger partial charge in [0, 0.05) is 6.54 Å². The van der Waals surface area contributed by atoms with Crippen LogP contribution in [0.4, 0.5) is 0 Å². The third-order valence-electron chi connectivity index (χ3n) is 4.40. The topological polar surface area (TPSA) is 3.24 Å². The molecule has 1 aliphatic rings. The van der Waals surface area contributed by atoms with Crippen LogP contribution >= 0.6 is 0 Å². The molecule has 1 atom stereocenters. The van der Waals surface area contributed by atoms with Gasteiger partial charge in [0.05, 0.1) is 0 Å². The van der Waals surface area contributed by atoms with Gasteiger partial charge in [0.15, 0.2) is 0 Å². The first-order chi connectivity index (χ1) is 8.86. The van der Waals surface area contributed by atoms with Crippen molar-refractivity contribution in [2.24, 2.45) is 5.92 Å². The Balaban J connectivity index is 2.00. The monoisotopic (exact) mass is 253 g/mol. The lowest BCUT2D eigenvalue weighted by Crippen LogP contribution is -2.36. The zero-order valence-electron chi connectivity index (χ0n) is 12.9. The fraction of sp³-hybridized carbons (Fsp3) is 1.00. The SMILES string of the molecule is CCCCCCCCN1CCCC(CCCC)C1. The van der Waals surface area contributed by atoms with E-state index in [1.54, 1.807) is 0 Å². The molecule has 0 aromatic heterocycles. The minimum Gasteiger partial charge on any atom is -0.303 e. The summed E-state index contributed by atoms with van der Waals surface area (Å²) in [5, 5.41) is 0. The van der Waals surface area contributed by atoms with E-state index in [0.29, 0.717) is 0 Å². The van der Waals surface area contributed by atoms with Gasteiger partial charge < -0.3 is 4.90 Å². The van der Waals surface area contributed by atoms with E-state index in [1.165, 1.54) is 90.3 Å². The van der Waals surface area contributed by atoms with Crippen LogP contribution < -0.4 is 0 Å². The van der Waals surface area contributed by atoms with Crippen molar-refractivity contribution in [1.82, 2.24) is 4.90 Å². The van der Waals surface area contributed by atoms with Crippen LogP contribution in [0.1, 0.15) is 84.5 Å². The van der Waals surface area contributed by atoms with Crippen molar-refractivity contribution in [3.05, 3.63) is 0 Å². The number of piperidine rings is 1. The van der Waals surface area contributed by atoms with Gasteiger partial charge in [-0.15, -0.1) is 0 Å². The molecule has 0 bridgehead atoms. The molecule has 0 aliphatic carbocycles. The zero-order valence-corrected chi connectivity index (χ0v) is 12.9. The largest absolute Gasteiger partial charge is 0.303 e. The molecule has 0 spiro atoms. The highest BCUT2D eigenvalue weighted by atomic mass is 15.1. The lowest BCUT2D eigenvalue weighted by Gasteiger charge is -2.32. The number of likely N-dealkylation sites (tertiary alicyclic amines) is 1. The van der Waals surface area contributed by atoms with E-state index in [4.69, 9.17) is 0 Å². The lowest BCUT2D eigenvalue weighted by molar-refractivity contribution is 0.164. The van der Waals surface area contributed by atoms with Gasteiger partial charge in [-0.1, -0.05) is 58.8 Å². The highest BCUT2D eigenvalue weighted by Gasteiger charge is 2.18. The maximum atomic E-state index is 2.74. The predicted molar refractivity (Wildman–Crippen MR) is 82.1 cm³/mol. The number of hydrogen-bond acceptors (Lipinski definition) is 1. The van der Waals surface area contributed by atoms with Crippen molar-refractivity contribution in [2.75, 3.05) is 19.6 Å². The van der Waals surface area contributed by atoms with Gasteiger partial charge in [0.2, 0.25) is 0 Å². The lowest BCUT2D eigenvalue weighted by atomic mass is 9.93. The molecule has 0 saturated carbocycles. The Bertz CT molecular complexity index is 178. The van der Waals surface area contributed by atoms with Gasteiger partial charge in [0.1, 0.15) is 0 Å². The summed E-state index contributed by atoms with van der Waals surface area (Å²) in [6, 6.07) is 0. The Morgan fingerprint density at radius 1 is 0.889 bits per heavy atom. The van der Waals surface area contributed by atoms with Crippen LogP contribution in [0.2, 0.25) is 0 Å². The molecule has 0 amide bonds. The molecule has 1 nitrogen and oxygen atoms in total. The van der Waals surface area contributed by atoms with Crippen LogP contribution in [0.15, 0.2) is 0 Å². The summed E-state index contributed by atoms with van der Waals surface area (Å²) in [7, 11) is 0.